The van der Waals surface area contributed by atoms with E-state index in [1.165, 1.54) is 37.3 Å². The van der Waals surface area contributed by atoms with E-state index < -0.39 is 5.82 Å². The van der Waals surface area contributed by atoms with Gasteiger partial charge in [0.25, 0.3) is 5.91 Å². The minimum absolute atomic E-state index is 0.136. The summed E-state index contributed by atoms with van der Waals surface area (Å²) in [5.74, 6) is 0.465. The summed E-state index contributed by atoms with van der Waals surface area (Å²) in [5, 5.41) is 0. The normalized spacial score (nSPS) is 29.3. The van der Waals surface area contributed by atoms with Crippen molar-refractivity contribution in [2.24, 2.45) is 11.8 Å². The van der Waals surface area contributed by atoms with Gasteiger partial charge in [0.05, 0.1) is 5.56 Å². The van der Waals surface area contributed by atoms with Crippen molar-refractivity contribution in [1.82, 2.24) is 9.80 Å². The fraction of sp³-hybridized carbons (Fsp3) is 0.480. The van der Waals surface area contributed by atoms with Crippen molar-refractivity contribution in [2.45, 2.75) is 44.2 Å². The van der Waals surface area contributed by atoms with E-state index in [4.69, 9.17) is 0 Å². The summed E-state index contributed by atoms with van der Waals surface area (Å²) in [6.45, 7) is 2.59. The minimum Gasteiger partial charge on any atom is -0.338 e. The summed E-state index contributed by atoms with van der Waals surface area (Å²) in [7, 11) is 0. The van der Waals surface area contributed by atoms with Crippen LogP contribution in [0.1, 0.15) is 41.6 Å². The number of nitrogens with zero attached hydrogens (tertiary/aromatic N) is 2. The van der Waals surface area contributed by atoms with Gasteiger partial charge in [0, 0.05) is 31.7 Å². The van der Waals surface area contributed by atoms with E-state index in [1.807, 2.05) is 4.90 Å². The standard InChI is InChI=1S/C25H29FN2O/c26-23-11-5-4-10-22(23)25(29)27-15-19-13-20(17-27)24-12-6-9-21(28(24)16-19)14-18-7-2-1-3-8-18/h1-5,7-8,10-11,19-21,24H,6,9,12-17H2/t19-,20+,21+,24-/m0/s1. The molecule has 1 amide bonds. The van der Waals surface area contributed by atoms with E-state index >= 15 is 0 Å². The van der Waals surface area contributed by atoms with E-state index in [0.717, 1.165) is 26.1 Å². The van der Waals surface area contributed by atoms with Crippen LogP contribution in [-0.2, 0) is 6.42 Å². The van der Waals surface area contributed by atoms with Gasteiger partial charge in [0.1, 0.15) is 5.82 Å². The molecule has 3 aliphatic rings. The van der Waals surface area contributed by atoms with E-state index in [1.54, 1.807) is 18.2 Å². The summed E-state index contributed by atoms with van der Waals surface area (Å²) in [6.07, 6.45) is 6.09. The highest BCUT2D eigenvalue weighted by molar-refractivity contribution is 5.94. The third-order valence-electron chi connectivity index (χ3n) is 7.22. The molecule has 3 fully saturated rings. The van der Waals surface area contributed by atoms with Crippen molar-refractivity contribution in [3.8, 4) is 0 Å². The van der Waals surface area contributed by atoms with Gasteiger partial charge in [-0.25, -0.2) is 4.39 Å². The molecule has 29 heavy (non-hydrogen) atoms. The van der Waals surface area contributed by atoms with E-state index in [0.29, 0.717) is 23.9 Å². The van der Waals surface area contributed by atoms with Crippen LogP contribution in [0, 0.1) is 17.7 Å². The Bertz CT molecular complexity index is 870. The Kier molecular flexibility index (Phi) is 5.13. The second-order valence-corrected chi connectivity index (χ2v) is 9.09. The van der Waals surface area contributed by atoms with Crippen LogP contribution >= 0.6 is 0 Å². The molecule has 3 heterocycles. The van der Waals surface area contributed by atoms with Gasteiger partial charge in [-0.15, -0.1) is 0 Å². The zero-order chi connectivity index (χ0) is 19.8. The first-order chi connectivity index (χ1) is 14.2. The van der Waals surface area contributed by atoms with Crippen molar-refractivity contribution in [1.29, 1.82) is 0 Å². The number of benzene rings is 2. The Labute approximate surface area is 172 Å². The van der Waals surface area contributed by atoms with Crippen LogP contribution in [0.3, 0.4) is 0 Å². The molecule has 2 aromatic rings. The lowest BCUT2D eigenvalue weighted by atomic mass is 9.74. The second kappa shape index (κ2) is 7.91. The largest absolute Gasteiger partial charge is 0.338 e. The number of carbonyl (C=O) groups is 1. The first kappa shape index (κ1) is 18.8. The van der Waals surface area contributed by atoms with Gasteiger partial charge in [0.15, 0.2) is 0 Å². The topological polar surface area (TPSA) is 23.6 Å². The van der Waals surface area contributed by atoms with Gasteiger partial charge in [-0.3, -0.25) is 9.69 Å². The average Bonchev–Trinajstić information content (AvgIpc) is 2.75. The number of hydrogen-bond acceptors (Lipinski definition) is 2. The molecule has 4 heteroatoms. The highest BCUT2D eigenvalue weighted by atomic mass is 19.1. The molecule has 0 radical (unpaired) electrons. The molecule has 3 saturated heterocycles. The van der Waals surface area contributed by atoms with E-state index in [2.05, 4.69) is 35.2 Å². The fourth-order valence-electron chi connectivity index (χ4n) is 5.99. The number of halogens is 1. The zero-order valence-electron chi connectivity index (χ0n) is 16.8. The SMILES string of the molecule is O=C(c1ccccc1F)N1C[C@@H]2C[C@H](C1)[C@@H]1CCC[C@H](Cc3ccccc3)N1C2. The molecular formula is C25H29FN2O. The molecule has 3 nitrogen and oxygen atoms in total. The molecular weight excluding hydrogens is 363 g/mol. The third-order valence-corrected chi connectivity index (χ3v) is 7.22. The maximum absolute atomic E-state index is 14.2. The maximum atomic E-state index is 14.2. The Morgan fingerprint density at radius 1 is 0.966 bits per heavy atom. The number of carbonyl (C=O) groups excluding carboxylic acids is 1. The quantitative estimate of drug-likeness (QED) is 0.774. The van der Waals surface area contributed by atoms with Crippen LogP contribution in [0.25, 0.3) is 0 Å². The summed E-state index contributed by atoms with van der Waals surface area (Å²) < 4.78 is 14.2. The molecule has 2 aromatic carbocycles. The van der Waals surface area contributed by atoms with Gasteiger partial charge < -0.3 is 4.90 Å². The Morgan fingerprint density at radius 2 is 1.76 bits per heavy atom. The predicted octanol–water partition coefficient (Wildman–Crippen LogP) is 4.38. The van der Waals surface area contributed by atoms with Gasteiger partial charge in [-0.1, -0.05) is 48.9 Å². The number of amides is 1. The van der Waals surface area contributed by atoms with Crippen LogP contribution in [0.15, 0.2) is 54.6 Å². The number of fused-ring (bicyclic) bond motifs is 4. The van der Waals surface area contributed by atoms with Crippen LogP contribution in [-0.4, -0.2) is 47.4 Å². The molecule has 0 aromatic heterocycles. The Balaban J connectivity index is 1.32. The molecule has 0 saturated carbocycles. The van der Waals surface area contributed by atoms with Crippen molar-refractivity contribution in [2.75, 3.05) is 19.6 Å². The van der Waals surface area contributed by atoms with Crippen LogP contribution in [0.2, 0.25) is 0 Å². The molecule has 4 atom stereocenters. The van der Waals surface area contributed by atoms with Gasteiger partial charge >= 0.3 is 0 Å². The molecule has 2 bridgehead atoms. The Morgan fingerprint density at radius 3 is 2.59 bits per heavy atom. The second-order valence-electron chi connectivity index (χ2n) is 9.09. The lowest BCUT2D eigenvalue weighted by molar-refractivity contribution is -0.0499. The first-order valence-corrected chi connectivity index (χ1v) is 11.0. The highest BCUT2D eigenvalue weighted by Gasteiger charge is 2.45. The van der Waals surface area contributed by atoms with Crippen LogP contribution in [0.4, 0.5) is 4.39 Å². The monoisotopic (exact) mass is 392 g/mol. The van der Waals surface area contributed by atoms with Gasteiger partial charge in [-0.2, -0.15) is 0 Å². The lowest BCUT2D eigenvalue weighted by Crippen LogP contribution is -2.62. The molecule has 0 N–H and O–H groups in total. The molecule has 0 unspecified atom stereocenters. The van der Waals surface area contributed by atoms with Crippen molar-refractivity contribution in [3.05, 3.63) is 71.5 Å². The van der Waals surface area contributed by atoms with E-state index in [9.17, 15) is 9.18 Å². The predicted molar refractivity (Wildman–Crippen MR) is 112 cm³/mol. The average molecular weight is 393 g/mol. The van der Waals surface area contributed by atoms with Crippen LogP contribution < -0.4 is 0 Å². The maximum Gasteiger partial charge on any atom is 0.256 e. The summed E-state index contributed by atoms with van der Waals surface area (Å²) >= 11 is 0. The first-order valence-electron chi connectivity index (χ1n) is 11.0. The minimum atomic E-state index is -0.407. The van der Waals surface area contributed by atoms with Crippen LogP contribution in [0.5, 0.6) is 0 Å². The molecule has 0 spiro atoms. The number of rotatable bonds is 3. The van der Waals surface area contributed by atoms with Crippen molar-refractivity contribution >= 4 is 5.91 Å². The fourth-order valence-corrected chi connectivity index (χ4v) is 5.99. The highest BCUT2D eigenvalue weighted by Crippen LogP contribution is 2.40. The Hall–Kier alpha value is -2.20. The molecule has 152 valence electrons. The third kappa shape index (κ3) is 3.71. The zero-order valence-corrected chi connectivity index (χ0v) is 16.8. The number of hydrogen-bond donors (Lipinski definition) is 0. The van der Waals surface area contributed by atoms with Crippen molar-refractivity contribution < 1.29 is 9.18 Å². The lowest BCUT2D eigenvalue weighted by Gasteiger charge is -2.55. The van der Waals surface area contributed by atoms with Crippen molar-refractivity contribution in [3.63, 3.8) is 0 Å². The number of likely N-dealkylation sites (tertiary alicyclic amines) is 1. The molecule has 5 rings (SSSR count). The summed E-state index contributed by atoms with van der Waals surface area (Å²) in [6, 6.07) is 18.4. The number of piperidine rings is 3. The summed E-state index contributed by atoms with van der Waals surface area (Å²) in [5.41, 5.74) is 1.64. The molecule has 3 aliphatic heterocycles. The summed E-state index contributed by atoms with van der Waals surface area (Å²) in [4.78, 5) is 17.7. The molecule has 0 aliphatic carbocycles. The van der Waals surface area contributed by atoms with Gasteiger partial charge in [0.2, 0.25) is 0 Å². The van der Waals surface area contributed by atoms with Gasteiger partial charge in [-0.05, 0) is 55.2 Å². The van der Waals surface area contributed by atoms with E-state index in [-0.39, 0.29) is 11.5 Å². The smallest absolute Gasteiger partial charge is 0.256 e.